The molecule has 0 spiro atoms. The second-order valence-corrected chi connectivity index (χ2v) is 5.41. The number of nitrogen functional groups attached to an aromatic ring is 1. The summed E-state index contributed by atoms with van der Waals surface area (Å²) in [4.78, 5) is 5.15. The molecule has 2 aromatic rings. The SMILES string of the molecule is Cc1cc(C)c(OCc2cnc(NN)s2)c(C)c1. The third-order valence-electron chi connectivity index (χ3n) is 2.64. The zero-order chi connectivity index (χ0) is 13.1. The van der Waals surface area contributed by atoms with Gasteiger partial charge in [0.25, 0.3) is 0 Å². The molecule has 4 nitrogen and oxygen atoms in total. The molecule has 18 heavy (non-hydrogen) atoms. The van der Waals surface area contributed by atoms with Crippen molar-refractivity contribution in [2.24, 2.45) is 5.84 Å². The van der Waals surface area contributed by atoms with Gasteiger partial charge in [0.1, 0.15) is 12.4 Å². The lowest BCUT2D eigenvalue weighted by molar-refractivity contribution is 0.305. The van der Waals surface area contributed by atoms with Crippen molar-refractivity contribution in [2.45, 2.75) is 27.4 Å². The molecule has 0 aliphatic rings. The van der Waals surface area contributed by atoms with Crippen LogP contribution in [0.15, 0.2) is 18.3 Å². The van der Waals surface area contributed by atoms with Gasteiger partial charge in [0, 0.05) is 6.20 Å². The first-order valence-corrected chi connectivity index (χ1v) is 6.53. The molecule has 1 aromatic heterocycles. The Kier molecular flexibility index (Phi) is 3.84. The number of nitrogens with zero attached hydrogens (tertiary/aromatic N) is 1. The quantitative estimate of drug-likeness (QED) is 0.657. The van der Waals surface area contributed by atoms with E-state index in [1.54, 1.807) is 6.20 Å². The first-order valence-electron chi connectivity index (χ1n) is 5.72. The van der Waals surface area contributed by atoms with Gasteiger partial charge in [-0.2, -0.15) is 0 Å². The highest BCUT2D eigenvalue weighted by molar-refractivity contribution is 7.15. The summed E-state index contributed by atoms with van der Waals surface area (Å²) in [5, 5.41) is 0.700. The summed E-state index contributed by atoms with van der Waals surface area (Å²) in [7, 11) is 0. The van der Waals surface area contributed by atoms with Crippen LogP contribution in [-0.2, 0) is 6.61 Å². The van der Waals surface area contributed by atoms with Crippen molar-refractivity contribution >= 4 is 16.5 Å². The molecule has 2 rings (SSSR count). The molecule has 0 amide bonds. The highest BCUT2D eigenvalue weighted by Gasteiger charge is 2.07. The lowest BCUT2D eigenvalue weighted by atomic mass is 10.1. The fraction of sp³-hybridized carbons (Fsp3) is 0.308. The third kappa shape index (κ3) is 2.80. The van der Waals surface area contributed by atoms with Crippen molar-refractivity contribution in [2.75, 3.05) is 5.43 Å². The minimum Gasteiger partial charge on any atom is -0.487 e. The number of rotatable bonds is 4. The van der Waals surface area contributed by atoms with E-state index in [2.05, 4.69) is 43.3 Å². The Bertz CT molecular complexity index is 528. The summed E-state index contributed by atoms with van der Waals surface area (Å²) in [5.74, 6) is 6.25. The normalized spacial score (nSPS) is 10.4. The Morgan fingerprint density at radius 3 is 2.50 bits per heavy atom. The van der Waals surface area contributed by atoms with E-state index in [1.807, 2.05) is 0 Å². The largest absolute Gasteiger partial charge is 0.487 e. The van der Waals surface area contributed by atoms with E-state index in [0.717, 1.165) is 21.8 Å². The molecule has 0 saturated carbocycles. The maximum atomic E-state index is 5.87. The standard InChI is InChI=1S/C13H17N3OS/c1-8-4-9(2)12(10(3)5-8)17-7-11-6-15-13(16-14)18-11/h4-6H,7,14H2,1-3H3,(H,15,16). The van der Waals surface area contributed by atoms with Crippen LogP contribution in [0.25, 0.3) is 0 Å². The summed E-state index contributed by atoms with van der Waals surface area (Å²) < 4.78 is 5.87. The molecule has 0 unspecified atom stereocenters. The fourth-order valence-electron chi connectivity index (χ4n) is 1.98. The van der Waals surface area contributed by atoms with E-state index >= 15 is 0 Å². The van der Waals surface area contributed by atoms with Gasteiger partial charge in [-0.15, -0.1) is 0 Å². The molecular weight excluding hydrogens is 246 g/mol. The number of nitrogens with one attached hydrogen (secondary N) is 1. The van der Waals surface area contributed by atoms with Crippen LogP contribution < -0.4 is 16.0 Å². The number of nitrogens with two attached hydrogens (primary N) is 1. The van der Waals surface area contributed by atoms with Crippen molar-refractivity contribution in [3.8, 4) is 5.75 Å². The Hall–Kier alpha value is -1.59. The number of anilines is 1. The summed E-state index contributed by atoms with van der Waals surface area (Å²) >= 11 is 1.49. The van der Waals surface area contributed by atoms with Crippen molar-refractivity contribution in [1.82, 2.24) is 4.98 Å². The topological polar surface area (TPSA) is 60.2 Å². The number of thiazole rings is 1. The highest BCUT2D eigenvalue weighted by Crippen LogP contribution is 2.26. The smallest absolute Gasteiger partial charge is 0.197 e. The second-order valence-electron chi connectivity index (χ2n) is 4.29. The first kappa shape index (κ1) is 12.9. The van der Waals surface area contributed by atoms with Crippen LogP contribution in [0.3, 0.4) is 0 Å². The van der Waals surface area contributed by atoms with Gasteiger partial charge in [0.15, 0.2) is 5.13 Å². The predicted molar refractivity (Wildman–Crippen MR) is 74.9 cm³/mol. The Labute approximate surface area is 111 Å². The van der Waals surface area contributed by atoms with E-state index in [9.17, 15) is 0 Å². The number of ether oxygens (including phenoxy) is 1. The summed E-state index contributed by atoms with van der Waals surface area (Å²) in [5.41, 5.74) is 6.10. The molecule has 3 N–H and O–H groups in total. The number of hydrazine groups is 1. The van der Waals surface area contributed by atoms with Crippen LogP contribution >= 0.6 is 11.3 Å². The molecule has 0 fully saturated rings. The Morgan fingerprint density at radius 2 is 1.94 bits per heavy atom. The zero-order valence-corrected chi connectivity index (χ0v) is 11.6. The maximum absolute atomic E-state index is 5.87. The minimum atomic E-state index is 0.518. The van der Waals surface area contributed by atoms with E-state index < -0.39 is 0 Å². The molecule has 96 valence electrons. The van der Waals surface area contributed by atoms with Gasteiger partial charge >= 0.3 is 0 Å². The molecule has 0 radical (unpaired) electrons. The zero-order valence-electron chi connectivity index (χ0n) is 10.8. The van der Waals surface area contributed by atoms with Gasteiger partial charge in [-0.1, -0.05) is 29.0 Å². The van der Waals surface area contributed by atoms with E-state index in [0.29, 0.717) is 11.7 Å². The van der Waals surface area contributed by atoms with Crippen molar-refractivity contribution in [3.05, 3.63) is 39.9 Å². The van der Waals surface area contributed by atoms with Crippen LogP contribution in [0.5, 0.6) is 5.75 Å². The van der Waals surface area contributed by atoms with E-state index in [1.165, 1.54) is 16.9 Å². The van der Waals surface area contributed by atoms with Crippen molar-refractivity contribution in [1.29, 1.82) is 0 Å². The number of hydrogen-bond acceptors (Lipinski definition) is 5. The Balaban J connectivity index is 2.10. The van der Waals surface area contributed by atoms with Crippen LogP contribution in [0, 0.1) is 20.8 Å². The van der Waals surface area contributed by atoms with E-state index in [-0.39, 0.29) is 0 Å². The van der Waals surface area contributed by atoms with Crippen LogP contribution in [0.1, 0.15) is 21.6 Å². The summed E-state index contributed by atoms with van der Waals surface area (Å²) in [6.45, 7) is 6.74. The molecule has 1 heterocycles. The maximum Gasteiger partial charge on any atom is 0.197 e. The van der Waals surface area contributed by atoms with E-state index in [4.69, 9.17) is 10.6 Å². The van der Waals surface area contributed by atoms with Crippen LogP contribution in [0.2, 0.25) is 0 Å². The van der Waals surface area contributed by atoms with Gasteiger partial charge in [-0.3, -0.25) is 5.43 Å². The minimum absolute atomic E-state index is 0.518. The molecule has 0 aliphatic carbocycles. The molecular formula is C13H17N3OS. The molecule has 5 heteroatoms. The van der Waals surface area contributed by atoms with Gasteiger partial charge in [-0.25, -0.2) is 10.8 Å². The predicted octanol–water partition coefficient (Wildman–Crippen LogP) is 2.93. The van der Waals surface area contributed by atoms with Gasteiger partial charge < -0.3 is 4.74 Å². The summed E-state index contributed by atoms with van der Waals surface area (Å²) in [6, 6.07) is 4.25. The first-order chi connectivity index (χ1) is 8.60. The lowest BCUT2D eigenvalue weighted by Crippen LogP contribution is -2.05. The monoisotopic (exact) mass is 263 g/mol. The van der Waals surface area contributed by atoms with Gasteiger partial charge in [-0.05, 0) is 31.9 Å². The molecule has 0 bridgehead atoms. The number of aryl methyl sites for hydroxylation is 3. The molecule has 0 aliphatic heterocycles. The highest BCUT2D eigenvalue weighted by atomic mass is 32.1. The number of aromatic nitrogens is 1. The summed E-state index contributed by atoms with van der Waals surface area (Å²) in [6.07, 6.45) is 1.78. The number of benzene rings is 1. The molecule has 1 aromatic carbocycles. The van der Waals surface area contributed by atoms with Crippen molar-refractivity contribution < 1.29 is 4.74 Å². The average Bonchev–Trinajstić information content (AvgIpc) is 2.75. The van der Waals surface area contributed by atoms with Gasteiger partial charge in [0.2, 0.25) is 0 Å². The molecule has 0 atom stereocenters. The molecule has 0 saturated heterocycles. The van der Waals surface area contributed by atoms with Crippen molar-refractivity contribution in [3.63, 3.8) is 0 Å². The third-order valence-corrected chi connectivity index (χ3v) is 3.54. The van der Waals surface area contributed by atoms with Crippen LogP contribution in [-0.4, -0.2) is 4.98 Å². The second kappa shape index (κ2) is 5.37. The average molecular weight is 263 g/mol. The number of hydrogen-bond donors (Lipinski definition) is 2. The lowest BCUT2D eigenvalue weighted by Gasteiger charge is -2.12. The fourth-order valence-corrected chi connectivity index (χ4v) is 2.61. The van der Waals surface area contributed by atoms with Crippen LogP contribution in [0.4, 0.5) is 5.13 Å². The van der Waals surface area contributed by atoms with Gasteiger partial charge in [0.05, 0.1) is 4.88 Å². The Morgan fingerprint density at radius 1 is 1.28 bits per heavy atom.